The van der Waals surface area contributed by atoms with Gasteiger partial charge in [-0.15, -0.1) is 0 Å². The highest BCUT2D eigenvalue weighted by molar-refractivity contribution is 5.83. The van der Waals surface area contributed by atoms with Crippen molar-refractivity contribution in [2.24, 2.45) is 11.8 Å². The maximum absolute atomic E-state index is 12.6. The molecule has 1 fully saturated rings. The van der Waals surface area contributed by atoms with Gasteiger partial charge < -0.3 is 10.2 Å². The van der Waals surface area contributed by atoms with E-state index in [9.17, 15) is 15.0 Å². The Morgan fingerprint density at radius 1 is 1.22 bits per heavy atom. The van der Waals surface area contributed by atoms with Crippen molar-refractivity contribution in [3.05, 3.63) is 34.4 Å². The molecular weight excluding hydrogens is 290 g/mol. The highest BCUT2D eigenvalue weighted by Gasteiger charge is 2.38. The van der Waals surface area contributed by atoms with Gasteiger partial charge in [-0.25, -0.2) is 0 Å². The summed E-state index contributed by atoms with van der Waals surface area (Å²) >= 11 is 0. The lowest BCUT2D eigenvalue weighted by atomic mass is 9.79. The summed E-state index contributed by atoms with van der Waals surface area (Å²) in [5.74, 6) is 1.09. The quantitative estimate of drug-likeness (QED) is 0.894. The number of carbonyl (C=O) groups excluding carboxylic acids is 1. The van der Waals surface area contributed by atoms with Crippen LogP contribution in [0.25, 0.3) is 0 Å². The standard InChI is InChI=1S/C19H27NO3/c1-12(2)5-14-9-20-4-3-13-6-15(10-21)16(11-22)7-17(13)18(20)8-19(14)23/h6-7,12,14,18,21-22H,3-5,8-11H2,1-2H3/t14-,18+/m1/s1. The molecule has 3 rings (SSSR count). The summed E-state index contributed by atoms with van der Waals surface area (Å²) in [6, 6.07) is 4.17. The minimum atomic E-state index is -0.0696. The highest BCUT2D eigenvalue weighted by atomic mass is 16.3. The van der Waals surface area contributed by atoms with Gasteiger partial charge in [0.25, 0.3) is 0 Å². The van der Waals surface area contributed by atoms with Crippen LogP contribution in [0.4, 0.5) is 0 Å². The van der Waals surface area contributed by atoms with E-state index in [-0.39, 0.29) is 25.2 Å². The van der Waals surface area contributed by atoms with E-state index in [2.05, 4.69) is 18.7 Å². The molecule has 2 atom stereocenters. The molecular formula is C19H27NO3. The van der Waals surface area contributed by atoms with E-state index in [1.165, 1.54) is 11.1 Å². The number of benzene rings is 1. The molecule has 1 aromatic carbocycles. The Balaban J connectivity index is 1.89. The van der Waals surface area contributed by atoms with Gasteiger partial charge in [0.05, 0.1) is 13.2 Å². The molecule has 0 spiro atoms. The summed E-state index contributed by atoms with van der Waals surface area (Å²) in [6.07, 6.45) is 2.50. The second-order valence-corrected chi connectivity index (χ2v) is 7.39. The van der Waals surface area contributed by atoms with Crippen LogP contribution in [-0.4, -0.2) is 34.0 Å². The largest absolute Gasteiger partial charge is 0.392 e. The molecule has 4 heteroatoms. The molecule has 126 valence electrons. The average molecular weight is 317 g/mol. The molecule has 23 heavy (non-hydrogen) atoms. The van der Waals surface area contributed by atoms with Gasteiger partial charge in [0, 0.05) is 31.5 Å². The van der Waals surface area contributed by atoms with Crippen LogP contribution in [-0.2, 0) is 24.4 Å². The fraction of sp³-hybridized carbons (Fsp3) is 0.632. The Hall–Kier alpha value is -1.23. The first kappa shape index (κ1) is 16.6. The van der Waals surface area contributed by atoms with Crippen molar-refractivity contribution in [1.29, 1.82) is 0 Å². The number of ketones is 1. The number of Topliss-reactive ketones (excluding diaryl/α,β-unsaturated/α-hetero) is 1. The second-order valence-electron chi connectivity index (χ2n) is 7.39. The lowest BCUT2D eigenvalue weighted by molar-refractivity contribution is -0.129. The van der Waals surface area contributed by atoms with E-state index in [0.29, 0.717) is 18.1 Å². The third-order valence-electron chi connectivity index (χ3n) is 5.33. The van der Waals surface area contributed by atoms with Crippen molar-refractivity contribution in [2.75, 3.05) is 13.1 Å². The number of aliphatic hydroxyl groups excluding tert-OH is 2. The lowest BCUT2D eigenvalue weighted by Gasteiger charge is -2.43. The van der Waals surface area contributed by atoms with E-state index in [4.69, 9.17) is 0 Å². The highest BCUT2D eigenvalue weighted by Crippen LogP contribution is 2.39. The van der Waals surface area contributed by atoms with Crippen LogP contribution in [0.2, 0.25) is 0 Å². The number of hydrogen-bond acceptors (Lipinski definition) is 4. The second kappa shape index (κ2) is 6.71. The molecule has 0 radical (unpaired) electrons. The van der Waals surface area contributed by atoms with Crippen LogP contribution < -0.4 is 0 Å². The van der Waals surface area contributed by atoms with Crippen molar-refractivity contribution >= 4 is 5.78 Å². The van der Waals surface area contributed by atoms with Crippen molar-refractivity contribution in [3.8, 4) is 0 Å². The Kier molecular flexibility index (Phi) is 4.85. The minimum absolute atomic E-state index is 0.0487. The summed E-state index contributed by atoms with van der Waals surface area (Å²) in [7, 11) is 0. The Morgan fingerprint density at radius 2 is 1.91 bits per heavy atom. The fourth-order valence-electron chi connectivity index (χ4n) is 4.17. The van der Waals surface area contributed by atoms with E-state index in [0.717, 1.165) is 37.1 Å². The van der Waals surface area contributed by atoms with Crippen LogP contribution >= 0.6 is 0 Å². The van der Waals surface area contributed by atoms with Crippen molar-refractivity contribution in [3.63, 3.8) is 0 Å². The molecule has 0 bridgehead atoms. The SMILES string of the molecule is CC(C)C[C@@H]1CN2CCc3cc(CO)c(CO)cc3[C@@H]2CC1=O. The van der Waals surface area contributed by atoms with Crippen LogP contribution in [0.1, 0.15) is 55.0 Å². The van der Waals surface area contributed by atoms with Gasteiger partial charge >= 0.3 is 0 Å². The van der Waals surface area contributed by atoms with Crippen LogP contribution in [0.5, 0.6) is 0 Å². The third-order valence-corrected chi connectivity index (χ3v) is 5.33. The van der Waals surface area contributed by atoms with Gasteiger partial charge in [0.15, 0.2) is 0 Å². The summed E-state index contributed by atoms with van der Waals surface area (Å²) in [6.45, 7) is 6.07. The predicted molar refractivity (Wildman–Crippen MR) is 88.9 cm³/mol. The smallest absolute Gasteiger partial charge is 0.139 e. The van der Waals surface area contributed by atoms with Crippen LogP contribution in [0.15, 0.2) is 12.1 Å². The van der Waals surface area contributed by atoms with Crippen molar-refractivity contribution in [1.82, 2.24) is 4.90 Å². The minimum Gasteiger partial charge on any atom is -0.392 e. The number of rotatable bonds is 4. The molecule has 1 aromatic rings. The van der Waals surface area contributed by atoms with Gasteiger partial charge in [-0.1, -0.05) is 26.0 Å². The molecule has 2 aliphatic heterocycles. The molecule has 1 saturated heterocycles. The normalized spacial score (nSPS) is 24.7. The zero-order valence-corrected chi connectivity index (χ0v) is 14.1. The van der Waals surface area contributed by atoms with Crippen molar-refractivity contribution < 1.29 is 15.0 Å². The molecule has 4 nitrogen and oxygen atoms in total. The Morgan fingerprint density at radius 3 is 2.57 bits per heavy atom. The van der Waals surface area contributed by atoms with Crippen LogP contribution in [0, 0.1) is 11.8 Å². The fourth-order valence-corrected chi connectivity index (χ4v) is 4.17. The maximum atomic E-state index is 12.6. The number of piperidine rings is 1. The number of carbonyl (C=O) groups is 1. The summed E-state index contributed by atoms with van der Waals surface area (Å²) in [5.41, 5.74) is 3.99. The first-order valence-corrected chi connectivity index (χ1v) is 8.66. The lowest BCUT2D eigenvalue weighted by Crippen LogP contribution is -2.46. The Labute approximate surface area is 138 Å². The molecule has 0 saturated carbocycles. The molecule has 0 aliphatic carbocycles. The number of aliphatic hydroxyl groups is 2. The monoisotopic (exact) mass is 317 g/mol. The van der Waals surface area contributed by atoms with E-state index in [1.807, 2.05) is 12.1 Å². The molecule has 0 unspecified atom stereocenters. The number of nitrogens with zero attached hydrogens (tertiary/aromatic N) is 1. The third kappa shape index (κ3) is 3.21. The molecule has 2 N–H and O–H groups in total. The summed E-state index contributed by atoms with van der Waals surface area (Å²) < 4.78 is 0. The number of fused-ring (bicyclic) bond motifs is 3. The van der Waals surface area contributed by atoms with Gasteiger partial charge in [-0.3, -0.25) is 9.69 Å². The van der Waals surface area contributed by atoms with E-state index >= 15 is 0 Å². The topological polar surface area (TPSA) is 60.8 Å². The van der Waals surface area contributed by atoms with E-state index in [1.54, 1.807) is 0 Å². The molecule has 2 aliphatic rings. The zero-order valence-electron chi connectivity index (χ0n) is 14.1. The first-order chi connectivity index (χ1) is 11.0. The summed E-state index contributed by atoms with van der Waals surface area (Å²) in [5, 5.41) is 19.0. The van der Waals surface area contributed by atoms with Gasteiger partial charge in [0.1, 0.15) is 5.78 Å². The molecule has 2 heterocycles. The summed E-state index contributed by atoms with van der Waals surface area (Å²) in [4.78, 5) is 15.0. The maximum Gasteiger partial charge on any atom is 0.139 e. The van der Waals surface area contributed by atoms with Gasteiger partial charge in [-0.05, 0) is 41.0 Å². The average Bonchev–Trinajstić information content (AvgIpc) is 2.53. The van der Waals surface area contributed by atoms with Gasteiger partial charge in [-0.2, -0.15) is 0 Å². The van der Waals surface area contributed by atoms with Gasteiger partial charge in [0.2, 0.25) is 0 Å². The number of hydrogen-bond donors (Lipinski definition) is 2. The molecule has 0 amide bonds. The predicted octanol–water partition coefficient (Wildman–Crippen LogP) is 2.21. The van der Waals surface area contributed by atoms with E-state index < -0.39 is 0 Å². The first-order valence-electron chi connectivity index (χ1n) is 8.66. The molecule has 0 aromatic heterocycles. The van der Waals surface area contributed by atoms with Crippen molar-refractivity contribution in [2.45, 2.75) is 52.4 Å². The Bertz CT molecular complexity index is 597. The zero-order chi connectivity index (χ0) is 16.6. The van der Waals surface area contributed by atoms with Crippen LogP contribution in [0.3, 0.4) is 0 Å².